The smallest absolute Gasteiger partial charge is 0.358 e. The summed E-state index contributed by atoms with van der Waals surface area (Å²) in [5.41, 5.74) is 2.83. The van der Waals surface area contributed by atoms with E-state index in [4.69, 9.17) is 0 Å². The number of ether oxygens (including phenoxy) is 1. The van der Waals surface area contributed by atoms with E-state index in [0.717, 1.165) is 16.9 Å². The molecule has 15 heavy (non-hydrogen) atoms. The molecule has 0 atom stereocenters. The van der Waals surface area contributed by atoms with Crippen molar-refractivity contribution in [2.24, 2.45) is 0 Å². The number of nitrogens with zero attached hydrogens (tertiary/aromatic N) is 3. The van der Waals surface area contributed by atoms with Crippen molar-refractivity contribution >= 4 is 11.5 Å². The molecule has 0 aliphatic carbocycles. The predicted octanol–water partition coefficient (Wildman–Crippen LogP) is 1.13. The number of esters is 1. The van der Waals surface area contributed by atoms with Gasteiger partial charge in [-0.05, 0) is 13.8 Å². The van der Waals surface area contributed by atoms with E-state index in [9.17, 15) is 4.79 Å². The highest BCUT2D eigenvalue weighted by atomic mass is 16.5. The van der Waals surface area contributed by atoms with Crippen LogP contribution in [0, 0.1) is 13.8 Å². The maximum absolute atomic E-state index is 11.3. The fourth-order valence-electron chi connectivity index (χ4n) is 1.50. The van der Waals surface area contributed by atoms with Gasteiger partial charge in [0.25, 0.3) is 0 Å². The summed E-state index contributed by atoms with van der Waals surface area (Å²) in [7, 11) is 1.34. The van der Waals surface area contributed by atoms with Crippen LogP contribution in [0.25, 0.3) is 5.52 Å². The second kappa shape index (κ2) is 3.34. The highest BCUT2D eigenvalue weighted by Gasteiger charge is 2.12. The van der Waals surface area contributed by atoms with E-state index in [1.54, 1.807) is 16.8 Å². The van der Waals surface area contributed by atoms with Crippen LogP contribution in [0.1, 0.15) is 21.9 Å². The van der Waals surface area contributed by atoms with Gasteiger partial charge in [-0.25, -0.2) is 9.31 Å². The molecule has 0 aliphatic rings. The van der Waals surface area contributed by atoms with Crippen molar-refractivity contribution in [2.75, 3.05) is 7.11 Å². The Bertz CT molecular complexity index is 531. The van der Waals surface area contributed by atoms with Crippen LogP contribution in [0.2, 0.25) is 0 Å². The van der Waals surface area contributed by atoms with Gasteiger partial charge in [-0.1, -0.05) is 0 Å². The molecule has 0 bridgehead atoms. The number of hydrogen-bond donors (Lipinski definition) is 0. The van der Waals surface area contributed by atoms with Crippen LogP contribution < -0.4 is 0 Å². The molecule has 0 aromatic carbocycles. The zero-order valence-corrected chi connectivity index (χ0v) is 8.81. The summed E-state index contributed by atoms with van der Waals surface area (Å²) >= 11 is 0. The molecule has 0 spiro atoms. The number of methoxy groups -OCH3 is 1. The molecule has 0 fully saturated rings. The van der Waals surface area contributed by atoms with Gasteiger partial charge in [-0.2, -0.15) is 5.10 Å². The Labute approximate surface area is 86.7 Å². The summed E-state index contributed by atoms with van der Waals surface area (Å²) in [5.74, 6) is -0.434. The minimum atomic E-state index is -0.434. The molecule has 0 amide bonds. The van der Waals surface area contributed by atoms with Crippen molar-refractivity contribution in [3.63, 3.8) is 0 Å². The predicted molar refractivity (Wildman–Crippen MR) is 53.8 cm³/mol. The van der Waals surface area contributed by atoms with Gasteiger partial charge in [0.1, 0.15) is 0 Å². The quantitative estimate of drug-likeness (QED) is 0.655. The third-order valence-corrected chi connectivity index (χ3v) is 2.15. The number of hydrogen-bond acceptors (Lipinski definition) is 4. The average molecular weight is 205 g/mol. The van der Waals surface area contributed by atoms with Crippen LogP contribution in [0.15, 0.2) is 12.3 Å². The summed E-state index contributed by atoms with van der Waals surface area (Å²) in [6, 6.07) is 1.67. The molecular formula is C10H11N3O2. The van der Waals surface area contributed by atoms with Gasteiger partial charge in [0, 0.05) is 6.07 Å². The van der Waals surface area contributed by atoms with Crippen LogP contribution in [0.4, 0.5) is 0 Å². The molecule has 78 valence electrons. The average Bonchev–Trinajstić information content (AvgIpc) is 2.60. The van der Waals surface area contributed by atoms with E-state index >= 15 is 0 Å². The van der Waals surface area contributed by atoms with E-state index in [2.05, 4.69) is 14.8 Å². The lowest BCUT2D eigenvalue weighted by Crippen LogP contribution is -2.02. The second-order valence-electron chi connectivity index (χ2n) is 3.32. The van der Waals surface area contributed by atoms with Crippen molar-refractivity contribution < 1.29 is 9.53 Å². The molecule has 2 aromatic heterocycles. The van der Waals surface area contributed by atoms with Gasteiger partial charge in [0.2, 0.25) is 0 Å². The van der Waals surface area contributed by atoms with Gasteiger partial charge in [0.15, 0.2) is 5.69 Å². The van der Waals surface area contributed by atoms with Crippen LogP contribution in [0.3, 0.4) is 0 Å². The molecule has 0 unspecified atom stereocenters. The SMILES string of the molecule is COC(=O)c1cc2c(C)nc(C)cn2n1. The third kappa shape index (κ3) is 1.56. The molecule has 2 rings (SSSR count). The highest BCUT2D eigenvalue weighted by Crippen LogP contribution is 2.11. The van der Waals surface area contributed by atoms with Crippen molar-refractivity contribution in [2.45, 2.75) is 13.8 Å². The Hall–Kier alpha value is -1.91. The lowest BCUT2D eigenvalue weighted by Gasteiger charge is -1.98. The second-order valence-corrected chi connectivity index (χ2v) is 3.32. The number of fused-ring (bicyclic) bond motifs is 1. The molecule has 2 heterocycles. The molecule has 0 saturated heterocycles. The fourth-order valence-corrected chi connectivity index (χ4v) is 1.50. The molecule has 0 saturated carbocycles. The maximum atomic E-state index is 11.3. The minimum Gasteiger partial charge on any atom is -0.464 e. The zero-order valence-electron chi connectivity index (χ0n) is 8.81. The molecule has 2 aromatic rings. The summed E-state index contributed by atoms with van der Waals surface area (Å²) in [5, 5.41) is 4.11. The Balaban J connectivity index is 2.65. The topological polar surface area (TPSA) is 56.5 Å². The van der Waals surface area contributed by atoms with Crippen molar-refractivity contribution in [1.82, 2.24) is 14.6 Å². The first-order valence-electron chi connectivity index (χ1n) is 4.54. The Morgan fingerprint density at radius 2 is 2.20 bits per heavy atom. The van der Waals surface area contributed by atoms with E-state index in [1.165, 1.54) is 7.11 Å². The third-order valence-electron chi connectivity index (χ3n) is 2.15. The van der Waals surface area contributed by atoms with Gasteiger partial charge in [-0.3, -0.25) is 4.98 Å². The van der Waals surface area contributed by atoms with Crippen LogP contribution in [0.5, 0.6) is 0 Å². The van der Waals surface area contributed by atoms with Crippen molar-refractivity contribution in [3.8, 4) is 0 Å². The lowest BCUT2D eigenvalue weighted by atomic mass is 10.3. The van der Waals surface area contributed by atoms with Crippen molar-refractivity contribution in [3.05, 3.63) is 29.3 Å². The summed E-state index contributed by atoms with van der Waals surface area (Å²) < 4.78 is 6.24. The van der Waals surface area contributed by atoms with Crippen LogP contribution in [-0.4, -0.2) is 27.7 Å². The Kier molecular flexibility index (Phi) is 2.15. The van der Waals surface area contributed by atoms with E-state index < -0.39 is 5.97 Å². The van der Waals surface area contributed by atoms with E-state index in [0.29, 0.717) is 5.69 Å². The molecular weight excluding hydrogens is 194 g/mol. The fraction of sp³-hybridized carbons (Fsp3) is 0.300. The first kappa shape index (κ1) is 9.64. The minimum absolute atomic E-state index is 0.299. The van der Waals surface area contributed by atoms with Gasteiger partial charge >= 0.3 is 5.97 Å². The lowest BCUT2D eigenvalue weighted by molar-refractivity contribution is 0.0593. The monoisotopic (exact) mass is 205 g/mol. The number of carbonyl (C=O) groups excluding carboxylic acids is 1. The molecule has 0 radical (unpaired) electrons. The zero-order chi connectivity index (χ0) is 11.0. The highest BCUT2D eigenvalue weighted by molar-refractivity contribution is 5.88. The van der Waals surface area contributed by atoms with E-state index in [1.807, 2.05) is 13.8 Å². The first-order valence-corrected chi connectivity index (χ1v) is 4.54. The molecule has 5 heteroatoms. The first-order chi connectivity index (χ1) is 7.11. The van der Waals surface area contributed by atoms with Gasteiger partial charge in [0.05, 0.1) is 30.2 Å². The van der Waals surface area contributed by atoms with Gasteiger partial charge in [-0.15, -0.1) is 0 Å². The maximum Gasteiger partial charge on any atom is 0.358 e. The normalized spacial score (nSPS) is 10.6. The van der Waals surface area contributed by atoms with Crippen LogP contribution >= 0.6 is 0 Å². The summed E-state index contributed by atoms with van der Waals surface area (Å²) in [6.45, 7) is 3.76. The number of rotatable bonds is 1. The molecule has 5 nitrogen and oxygen atoms in total. The van der Waals surface area contributed by atoms with Gasteiger partial charge < -0.3 is 4.74 Å². The van der Waals surface area contributed by atoms with E-state index in [-0.39, 0.29) is 0 Å². The number of aryl methyl sites for hydroxylation is 2. The largest absolute Gasteiger partial charge is 0.464 e. The molecule has 0 aliphatic heterocycles. The Morgan fingerprint density at radius 1 is 1.47 bits per heavy atom. The van der Waals surface area contributed by atoms with Crippen LogP contribution in [-0.2, 0) is 4.74 Å². The number of carbonyl (C=O) groups is 1. The standard InChI is InChI=1S/C10H11N3O2/c1-6-5-13-9(7(2)11-6)4-8(12-13)10(14)15-3/h4-5H,1-3H3. The van der Waals surface area contributed by atoms with Crippen molar-refractivity contribution in [1.29, 1.82) is 0 Å². The summed E-state index contributed by atoms with van der Waals surface area (Å²) in [4.78, 5) is 15.5. The number of aromatic nitrogens is 3. The molecule has 0 N–H and O–H groups in total. The Morgan fingerprint density at radius 3 is 2.87 bits per heavy atom. The summed E-state index contributed by atoms with van der Waals surface area (Å²) in [6.07, 6.45) is 1.77.